The van der Waals surface area contributed by atoms with Crippen molar-refractivity contribution in [2.24, 2.45) is 10.7 Å². The van der Waals surface area contributed by atoms with Crippen molar-refractivity contribution in [2.45, 2.75) is 37.6 Å². The monoisotopic (exact) mass is 514 g/mol. The van der Waals surface area contributed by atoms with E-state index in [1.165, 1.54) is 5.56 Å². The molecule has 0 aliphatic carbocycles. The van der Waals surface area contributed by atoms with E-state index >= 15 is 0 Å². The molecule has 28 heavy (non-hydrogen) atoms. The molecule has 0 amide bonds. The molecular weight excluding hydrogens is 487 g/mol. The number of hydrogen-bond acceptors (Lipinski definition) is 3. The number of hydrogen-bond donors (Lipinski definition) is 2. The second-order valence-corrected chi connectivity index (χ2v) is 8.74. The van der Waals surface area contributed by atoms with Crippen LogP contribution in [0.15, 0.2) is 58.4 Å². The summed E-state index contributed by atoms with van der Waals surface area (Å²) in [5.74, 6) is 0.295. The molecule has 0 aromatic heterocycles. The first-order valence-electron chi connectivity index (χ1n) is 9.18. The van der Waals surface area contributed by atoms with Crippen molar-refractivity contribution in [1.82, 2.24) is 4.31 Å². The normalized spacial score (nSPS) is 15.7. The van der Waals surface area contributed by atoms with Crippen molar-refractivity contribution < 1.29 is 8.42 Å². The lowest BCUT2D eigenvalue weighted by molar-refractivity contribution is 0.346. The summed E-state index contributed by atoms with van der Waals surface area (Å²) in [6.07, 6.45) is 2.93. The number of aryl methyl sites for hydroxylation is 1. The van der Waals surface area contributed by atoms with E-state index in [-0.39, 0.29) is 24.0 Å². The van der Waals surface area contributed by atoms with Gasteiger partial charge in [-0.2, -0.15) is 4.31 Å². The molecule has 8 heteroatoms. The summed E-state index contributed by atoms with van der Waals surface area (Å²) < 4.78 is 27.2. The molecular formula is C20H27IN4O2S. The van der Waals surface area contributed by atoms with Crippen LogP contribution in [0, 0.1) is 6.92 Å². The summed E-state index contributed by atoms with van der Waals surface area (Å²) in [6, 6.07) is 14.8. The average molecular weight is 514 g/mol. The van der Waals surface area contributed by atoms with Crippen LogP contribution >= 0.6 is 24.0 Å². The third-order valence-electron chi connectivity index (χ3n) is 4.61. The van der Waals surface area contributed by atoms with E-state index in [2.05, 4.69) is 10.3 Å². The number of guanidine groups is 1. The van der Waals surface area contributed by atoms with E-state index < -0.39 is 10.0 Å². The molecule has 1 aliphatic heterocycles. The molecule has 3 rings (SSSR count). The minimum Gasteiger partial charge on any atom is -0.370 e. The smallest absolute Gasteiger partial charge is 0.243 e. The van der Waals surface area contributed by atoms with Crippen molar-refractivity contribution in [3.8, 4) is 0 Å². The van der Waals surface area contributed by atoms with E-state index in [4.69, 9.17) is 5.73 Å². The zero-order valence-electron chi connectivity index (χ0n) is 16.0. The van der Waals surface area contributed by atoms with Crippen LogP contribution in [0.25, 0.3) is 0 Å². The van der Waals surface area contributed by atoms with Crippen molar-refractivity contribution in [3.05, 3.63) is 59.7 Å². The number of aliphatic imine (C=N–C) groups is 1. The summed E-state index contributed by atoms with van der Waals surface area (Å²) in [5, 5.41) is 3.04. The van der Waals surface area contributed by atoms with Gasteiger partial charge in [-0.05, 0) is 49.6 Å². The maximum absolute atomic E-state index is 12.8. The fraction of sp³-hybridized carbons (Fsp3) is 0.350. The van der Waals surface area contributed by atoms with Gasteiger partial charge in [-0.15, -0.1) is 24.0 Å². The third-order valence-corrected chi connectivity index (χ3v) is 6.50. The fourth-order valence-corrected chi connectivity index (χ4v) is 4.65. The van der Waals surface area contributed by atoms with Gasteiger partial charge < -0.3 is 11.1 Å². The van der Waals surface area contributed by atoms with Crippen LogP contribution in [0.4, 0.5) is 5.69 Å². The quantitative estimate of drug-likeness (QED) is 0.362. The number of nitrogens with zero attached hydrogens (tertiary/aromatic N) is 2. The van der Waals surface area contributed by atoms with Crippen molar-refractivity contribution in [1.29, 1.82) is 0 Å². The van der Waals surface area contributed by atoms with E-state index in [1.807, 2.05) is 37.3 Å². The molecule has 2 aromatic carbocycles. The summed E-state index contributed by atoms with van der Waals surface area (Å²) in [4.78, 5) is 4.64. The molecule has 0 spiro atoms. The van der Waals surface area contributed by atoms with Gasteiger partial charge >= 0.3 is 0 Å². The predicted molar refractivity (Wildman–Crippen MR) is 125 cm³/mol. The van der Waals surface area contributed by atoms with Gasteiger partial charge in [0.2, 0.25) is 10.0 Å². The molecule has 0 atom stereocenters. The van der Waals surface area contributed by atoms with Crippen LogP contribution in [0.5, 0.6) is 0 Å². The Bertz CT molecular complexity index is 908. The highest BCUT2D eigenvalue weighted by Gasteiger charge is 2.25. The Balaban J connectivity index is 0.00000280. The Hall–Kier alpha value is -1.65. The van der Waals surface area contributed by atoms with Crippen LogP contribution in [-0.4, -0.2) is 31.8 Å². The summed E-state index contributed by atoms with van der Waals surface area (Å²) in [5.41, 5.74) is 8.79. The Morgan fingerprint density at radius 2 is 1.79 bits per heavy atom. The lowest BCUT2D eigenvalue weighted by Crippen LogP contribution is -2.35. The highest BCUT2D eigenvalue weighted by atomic mass is 127. The average Bonchev–Trinajstić information content (AvgIpc) is 2.69. The molecule has 152 valence electrons. The van der Waals surface area contributed by atoms with Crippen molar-refractivity contribution in [3.63, 3.8) is 0 Å². The summed E-state index contributed by atoms with van der Waals surface area (Å²) in [6.45, 7) is 3.52. The van der Waals surface area contributed by atoms with Crippen molar-refractivity contribution in [2.75, 3.05) is 18.4 Å². The first-order valence-corrected chi connectivity index (χ1v) is 10.6. The van der Waals surface area contributed by atoms with E-state index in [1.54, 1.807) is 22.5 Å². The number of sulfonamides is 1. The van der Waals surface area contributed by atoms with Crippen LogP contribution in [-0.2, 0) is 16.6 Å². The summed E-state index contributed by atoms with van der Waals surface area (Å²) in [7, 11) is -3.44. The van der Waals surface area contributed by atoms with Gasteiger partial charge in [0.15, 0.2) is 5.96 Å². The molecule has 3 N–H and O–H groups in total. The largest absolute Gasteiger partial charge is 0.370 e. The zero-order valence-corrected chi connectivity index (χ0v) is 19.1. The Labute approximate surface area is 184 Å². The van der Waals surface area contributed by atoms with Gasteiger partial charge in [0.25, 0.3) is 0 Å². The van der Waals surface area contributed by atoms with Gasteiger partial charge in [-0.25, -0.2) is 13.4 Å². The van der Waals surface area contributed by atoms with E-state index in [9.17, 15) is 8.42 Å². The Morgan fingerprint density at radius 3 is 2.46 bits per heavy atom. The standard InChI is InChI=1S/C20H26N4O2S.HI/c1-16-8-10-18(11-9-16)23-20(21)22-15-17-6-5-7-19(14-17)27(25,26)24-12-3-2-4-13-24;/h5-11,14H,2-4,12-13,15H2,1H3,(H3,21,22,23);1H. The van der Waals surface area contributed by atoms with Crippen LogP contribution in [0.2, 0.25) is 0 Å². The molecule has 2 aromatic rings. The molecule has 6 nitrogen and oxygen atoms in total. The zero-order chi connectivity index (χ0) is 19.3. The first-order chi connectivity index (χ1) is 12.9. The number of anilines is 1. The third kappa shape index (κ3) is 5.92. The molecule has 1 fully saturated rings. The van der Waals surface area contributed by atoms with E-state index in [0.717, 1.165) is 30.5 Å². The number of benzene rings is 2. The molecule has 0 radical (unpaired) electrons. The molecule has 0 saturated carbocycles. The lowest BCUT2D eigenvalue weighted by Gasteiger charge is -2.26. The highest BCUT2D eigenvalue weighted by molar-refractivity contribution is 14.0. The van der Waals surface area contributed by atoms with Crippen LogP contribution in [0.3, 0.4) is 0 Å². The van der Waals surface area contributed by atoms with Crippen molar-refractivity contribution >= 4 is 45.6 Å². The van der Waals surface area contributed by atoms with Crippen LogP contribution in [0.1, 0.15) is 30.4 Å². The van der Waals surface area contributed by atoms with Gasteiger partial charge in [0.05, 0.1) is 11.4 Å². The van der Waals surface area contributed by atoms with Crippen LogP contribution < -0.4 is 11.1 Å². The second kappa shape index (κ2) is 10.2. The predicted octanol–water partition coefficient (Wildman–Crippen LogP) is 3.71. The molecule has 1 heterocycles. The van der Waals surface area contributed by atoms with Gasteiger partial charge in [-0.1, -0.05) is 36.2 Å². The minimum absolute atomic E-state index is 0. The Kier molecular flexibility index (Phi) is 8.26. The van der Waals surface area contributed by atoms with Gasteiger partial charge in [-0.3, -0.25) is 0 Å². The fourth-order valence-electron chi connectivity index (χ4n) is 3.06. The molecule has 1 aliphatic rings. The maximum atomic E-state index is 12.8. The number of halogens is 1. The second-order valence-electron chi connectivity index (χ2n) is 6.80. The maximum Gasteiger partial charge on any atom is 0.243 e. The Morgan fingerprint density at radius 1 is 1.11 bits per heavy atom. The van der Waals surface area contributed by atoms with Gasteiger partial charge in [0, 0.05) is 18.8 Å². The first kappa shape index (κ1) is 22.6. The molecule has 1 saturated heterocycles. The van der Waals surface area contributed by atoms with E-state index in [0.29, 0.717) is 30.5 Å². The summed E-state index contributed by atoms with van der Waals surface area (Å²) >= 11 is 0. The topological polar surface area (TPSA) is 87.8 Å². The molecule has 0 unspecified atom stereocenters. The number of nitrogens with one attached hydrogen (secondary N) is 1. The highest BCUT2D eigenvalue weighted by Crippen LogP contribution is 2.21. The minimum atomic E-state index is -3.44. The number of rotatable bonds is 5. The molecule has 0 bridgehead atoms. The number of nitrogens with two attached hydrogens (primary N) is 1. The van der Waals surface area contributed by atoms with Gasteiger partial charge in [0.1, 0.15) is 0 Å². The lowest BCUT2D eigenvalue weighted by atomic mass is 10.2. The SMILES string of the molecule is Cc1ccc(NC(N)=NCc2cccc(S(=O)(=O)N3CCCCC3)c2)cc1.I. The number of piperidine rings is 1.